The number of hydrogen-bond acceptors (Lipinski definition) is 1. The fourth-order valence-electron chi connectivity index (χ4n) is 1.73. The minimum atomic E-state index is -0.464. The van der Waals surface area contributed by atoms with E-state index < -0.39 is 11.6 Å². The van der Waals surface area contributed by atoms with Gasteiger partial charge in [-0.25, -0.2) is 8.78 Å². The highest BCUT2D eigenvalue weighted by Crippen LogP contribution is 2.24. The molecule has 0 aromatic heterocycles. The third-order valence-corrected chi connectivity index (χ3v) is 2.38. The van der Waals surface area contributed by atoms with Crippen LogP contribution in [0, 0.1) is 11.6 Å². The first-order chi connectivity index (χ1) is 7.20. The van der Waals surface area contributed by atoms with Crippen molar-refractivity contribution in [3.8, 4) is 0 Å². The summed E-state index contributed by atoms with van der Waals surface area (Å²) in [4.78, 5) is 0. The van der Waals surface area contributed by atoms with E-state index >= 15 is 0 Å². The van der Waals surface area contributed by atoms with Gasteiger partial charge in [-0.3, -0.25) is 0 Å². The maximum atomic E-state index is 13.5. The Balaban J connectivity index is 2.98. The number of nitrogens with one attached hydrogen (secondary N) is 1. The Bertz CT molecular complexity index is 286. The Hall–Kier alpha value is -0.960. The maximum Gasteiger partial charge on any atom is 0.130 e. The molecule has 15 heavy (non-hydrogen) atoms. The highest BCUT2D eigenvalue weighted by Gasteiger charge is 2.17. The molecule has 0 saturated heterocycles. The minimum absolute atomic E-state index is 0.168. The molecule has 0 amide bonds. The monoisotopic (exact) mass is 213 g/mol. The standard InChI is InChI=1S/C12H17F2N/c1-3-6-11(15-4-2)12-9(13)7-5-8-10(12)14/h5,7-8,11,15H,3-4,6H2,1-2H3. The lowest BCUT2D eigenvalue weighted by Gasteiger charge is -2.18. The molecule has 0 heterocycles. The molecule has 0 aliphatic rings. The van der Waals surface area contributed by atoms with E-state index in [1.807, 2.05) is 13.8 Å². The normalized spacial score (nSPS) is 12.8. The maximum absolute atomic E-state index is 13.5. The zero-order valence-corrected chi connectivity index (χ0v) is 9.19. The van der Waals surface area contributed by atoms with Crippen LogP contribution in [0.1, 0.15) is 38.3 Å². The molecule has 3 heteroatoms. The van der Waals surface area contributed by atoms with Crippen LogP contribution < -0.4 is 5.32 Å². The number of benzene rings is 1. The van der Waals surface area contributed by atoms with E-state index in [9.17, 15) is 8.78 Å². The summed E-state index contributed by atoms with van der Waals surface area (Å²) in [7, 11) is 0. The number of rotatable bonds is 5. The quantitative estimate of drug-likeness (QED) is 0.790. The van der Waals surface area contributed by atoms with E-state index in [2.05, 4.69) is 5.32 Å². The molecule has 1 aromatic carbocycles. The molecule has 0 fully saturated rings. The van der Waals surface area contributed by atoms with E-state index in [0.717, 1.165) is 12.8 Å². The summed E-state index contributed by atoms with van der Waals surface area (Å²) in [5.74, 6) is -0.927. The molecular weight excluding hydrogens is 196 g/mol. The van der Waals surface area contributed by atoms with Gasteiger partial charge in [0.25, 0.3) is 0 Å². The zero-order valence-electron chi connectivity index (χ0n) is 9.19. The van der Waals surface area contributed by atoms with Crippen molar-refractivity contribution in [2.45, 2.75) is 32.7 Å². The smallest absolute Gasteiger partial charge is 0.130 e. The van der Waals surface area contributed by atoms with Crippen molar-refractivity contribution in [3.05, 3.63) is 35.4 Å². The molecule has 0 bridgehead atoms. The van der Waals surface area contributed by atoms with Crippen LogP contribution in [0.15, 0.2) is 18.2 Å². The topological polar surface area (TPSA) is 12.0 Å². The first-order valence-electron chi connectivity index (χ1n) is 5.38. The predicted octanol–water partition coefficient (Wildman–Crippen LogP) is 3.42. The van der Waals surface area contributed by atoms with Crippen LogP contribution in [-0.2, 0) is 0 Å². The molecular formula is C12H17F2N. The molecule has 84 valence electrons. The second kappa shape index (κ2) is 5.81. The van der Waals surface area contributed by atoms with Crippen molar-refractivity contribution in [2.24, 2.45) is 0 Å². The van der Waals surface area contributed by atoms with Crippen molar-refractivity contribution in [3.63, 3.8) is 0 Å². The summed E-state index contributed by atoms with van der Waals surface area (Å²) < 4.78 is 26.9. The van der Waals surface area contributed by atoms with Gasteiger partial charge in [0.1, 0.15) is 11.6 Å². The van der Waals surface area contributed by atoms with Crippen molar-refractivity contribution in [1.82, 2.24) is 5.32 Å². The summed E-state index contributed by atoms with van der Waals surface area (Å²) in [5.41, 5.74) is 0.168. The lowest BCUT2D eigenvalue weighted by atomic mass is 10.0. The fraction of sp³-hybridized carbons (Fsp3) is 0.500. The highest BCUT2D eigenvalue weighted by atomic mass is 19.1. The molecule has 1 atom stereocenters. The van der Waals surface area contributed by atoms with Crippen LogP contribution in [0.3, 0.4) is 0 Å². The van der Waals surface area contributed by atoms with Gasteiger partial charge in [-0.2, -0.15) is 0 Å². The SMILES string of the molecule is CCCC(NCC)c1c(F)cccc1F. The van der Waals surface area contributed by atoms with Crippen molar-refractivity contribution < 1.29 is 8.78 Å². The van der Waals surface area contributed by atoms with Gasteiger partial charge in [-0.15, -0.1) is 0 Å². The molecule has 1 aromatic rings. The second-order valence-corrected chi connectivity index (χ2v) is 3.53. The lowest BCUT2D eigenvalue weighted by molar-refractivity contribution is 0.451. The minimum Gasteiger partial charge on any atom is -0.310 e. The average molecular weight is 213 g/mol. The van der Waals surface area contributed by atoms with Crippen molar-refractivity contribution >= 4 is 0 Å². The predicted molar refractivity (Wildman–Crippen MR) is 57.7 cm³/mol. The van der Waals surface area contributed by atoms with Crippen LogP contribution in [0.2, 0.25) is 0 Å². The highest BCUT2D eigenvalue weighted by molar-refractivity contribution is 5.23. The molecule has 1 unspecified atom stereocenters. The molecule has 0 saturated carbocycles. The zero-order chi connectivity index (χ0) is 11.3. The van der Waals surface area contributed by atoms with Crippen LogP contribution in [0.25, 0.3) is 0 Å². The van der Waals surface area contributed by atoms with E-state index in [4.69, 9.17) is 0 Å². The number of hydrogen-bond donors (Lipinski definition) is 1. The van der Waals surface area contributed by atoms with Crippen LogP contribution in [0.5, 0.6) is 0 Å². The van der Waals surface area contributed by atoms with Gasteiger partial charge < -0.3 is 5.32 Å². The number of halogens is 2. The van der Waals surface area contributed by atoms with Gasteiger partial charge in [0.05, 0.1) is 0 Å². The molecule has 1 rings (SSSR count). The van der Waals surface area contributed by atoms with Gasteiger partial charge >= 0.3 is 0 Å². The van der Waals surface area contributed by atoms with E-state index in [1.54, 1.807) is 0 Å². The van der Waals surface area contributed by atoms with Gasteiger partial charge in [-0.05, 0) is 25.1 Å². The summed E-state index contributed by atoms with van der Waals surface area (Å²) in [6.07, 6.45) is 1.64. The lowest BCUT2D eigenvalue weighted by Crippen LogP contribution is -2.22. The summed E-state index contributed by atoms with van der Waals surface area (Å²) >= 11 is 0. The summed E-state index contributed by atoms with van der Waals surface area (Å²) in [6, 6.07) is 3.78. The van der Waals surface area contributed by atoms with E-state index in [1.165, 1.54) is 18.2 Å². The van der Waals surface area contributed by atoms with Gasteiger partial charge in [0.2, 0.25) is 0 Å². The molecule has 0 aliphatic carbocycles. The Kier molecular flexibility index (Phi) is 4.69. The van der Waals surface area contributed by atoms with E-state index in [-0.39, 0.29) is 11.6 Å². The van der Waals surface area contributed by atoms with Crippen LogP contribution in [0.4, 0.5) is 8.78 Å². The summed E-state index contributed by atoms with van der Waals surface area (Å²) in [5, 5.41) is 3.10. The third-order valence-electron chi connectivity index (χ3n) is 2.38. The molecule has 0 aliphatic heterocycles. The molecule has 0 radical (unpaired) electrons. The Morgan fingerprint density at radius 2 is 1.80 bits per heavy atom. The molecule has 1 N–H and O–H groups in total. The van der Waals surface area contributed by atoms with Crippen LogP contribution in [-0.4, -0.2) is 6.54 Å². The second-order valence-electron chi connectivity index (χ2n) is 3.53. The van der Waals surface area contributed by atoms with Gasteiger partial charge in [0.15, 0.2) is 0 Å². The average Bonchev–Trinajstić information content (AvgIpc) is 2.18. The van der Waals surface area contributed by atoms with Crippen molar-refractivity contribution in [1.29, 1.82) is 0 Å². The Morgan fingerprint density at radius 3 is 2.27 bits per heavy atom. The summed E-state index contributed by atoms with van der Waals surface area (Å²) in [6.45, 7) is 4.64. The fourth-order valence-corrected chi connectivity index (χ4v) is 1.73. The van der Waals surface area contributed by atoms with E-state index in [0.29, 0.717) is 6.54 Å². The first kappa shape index (κ1) is 12.1. The van der Waals surface area contributed by atoms with Crippen molar-refractivity contribution in [2.75, 3.05) is 6.54 Å². The molecule has 1 nitrogen and oxygen atoms in total. The molecule has 0 spiro atoms. The Labute approximate surface area is 89.5 Å². The first-order valence-corrected chi connectivity index (χ1v) is 5.38. The van der Waals surface area contributed by atoms with Crippen LogP contribution >= 0.6 is 0 Å². The van der Waals surface area contributed by atoms with Gasteiger partial charge in [-0.1, -0.05) is 26.3 Å². The Morgan fingerprint density at radius 1 is 1.20 bits per heavy atom. The van der Waals surface area contributed by atoms with Gasteiger partial charge in [0, 0.05) is 11.6 Å². The third kappa shape index (κ3) is 2.99. The largest absolute Gasteiger partial charge is 0.310 e.